The van der Waals surface area contributed by atoms with Gasteiger partial charge in [0.15, 0.2) is 28.4 Å². The number of nitrogens with one attached hydrogen (secondary N) is 1. The number of hydrogen-bond donors (Lipinski definition) is 5. The molecule has 0 unspecified atom stereocenters. The fraction of sp³-hybridized carbons (Fsp3) is 0.400. The predicted molar refractivity (Wildman–Crippen MR) is 127 cm³/mol. The van der Waals surface area contributed by atoms with Gasteiger partial charge in [-0.2, -0.15) is 0 Å². The van der Waals surface area contributed by atoms with Crippen LogP contribution in [0.25, 0.3) is 11.2 Å². The normalized spacial score (nSPS) is 22.4. The van der Waals surface area contributed by atoms with E-state index in [2.05, 4.69) is 20.3 Å². The summed E-state index contributed by atoms with van der Waals surface area (Å²) in [4.78, 5) is 25.0. The number of imidazole rings is 1. The number of halogens is 2. The third-order valence-electron chi connectivity index (χ3n) is 5.30. The van der Waals surface area contributed by atoms with Gasteiger partial charge < -0.3 is 31.1 Å². The number of carbonyl (C=O) groups is 1. The first-order valence-corrected chi connectivity index (χ1v) is 12.0. The average molecular weight is 529 g/mol. The Morgan fingerprint density at radius 3 is 2.74 bits per heavy atom. The number of aromatic nitrogens is 4. The van der Waals surface area contributed by atoms with Crippen molar-refractivity contribution in [3.05, 3.63) is 40.1 Å². The van der Waals surface area contributed by atoms with E-state index in [9.17, 15) is 20.1 Å². The van der Waals surface area contributed by atoms with Crippen LogP contribution in [0.4, 0.5) is 5.82 Å². The highest BCUT2D eigenvalue weighted by atomic mass is 35.5. The highest BCUT2D eigenvalue weighted by Gasteiger charge is 2.45. The number of ether oxygens (including phenoxy) is 1. The lowest BCUT2D eigenvalue weighted by molar-refractivity contribution is -0.118. The highest BCUT2D eigenvalue weighted by Crippen LogP contribution is 2.36. The molecule has 1 saturated heterocycles. The zero-order chi connectivity index (χ0) is 24.4. The van der Waals surface area contributed by atoms with Crippen molar-refractivity contribution in [2.45, 2.75) is 36.1 Å². The Morgan fingerprint density at radius 1 is 1.24 bits per heavy atom. The second kappa shape index (κ2) is 10.6. The van der Waals surface area contributed by atoms with E-state index in [0.717, 1.165) is 17.3 Å². The summed E-state index contributed by atoms with van der Waals surface area (Å²) in [7, 11) is 0. The lowest BCUT2D eigenvalue weighted by atomic mass is 10.1. The molecule has 1 amide bonds. The molecular weight excluding hydrogens is 507 g/mol. The van der Waals surface area contributed by atoms with Crippen LogP contribution >= 0.6 is 35.0 Å². The largest absolute Gasteiger partial charge is 0.394 e. The standard InChI is InChI=1S/C20H22Cl2N6O5S/c21-10-2-1-9(5-11(10)22)3-4-24-13(30)7-34-20-27-14-17(23)25-8-26-18(14)28(20)19-16(32)15(31)12(6-29)33-19/h1-2,5,8,12,15-16,19,29,31-32H,3-4,6-7H2,(H,24,30)(H2,23,25,26)/t12-,15-,16-,19-/m1/s1. The molecule has 1 aliphatic heterocycles. The van der Waals surface area contributed by atoms with E-state index >= 15 is 0 Å². The third-order valence-corrected chi connectivity index (χ3v) is 6.99. The van der Waals surface area contributed by atoms with Crippen LogP contribution in [0, 0.1) is 0 Å². The molecule has 2 aromatic heterocycles. The fourth-order valence-electron chi connectivity index (χ4n) is 3.55. The highest BCUT2D eigenvalue weighted by molar-refractivity contribution is 7.99. The van der Waals surface area contributed by atoms with Crippen LogP contribution in [-0.2, 0) is 16.0 Å². The first-order valence-electron chi connectivity index (χ1n) is 10.2. The first kappa shape index (κ1) is 24.9. The molecule has 3 aromatic rings. The summed E-state index contributed by atoms with van der Waals surface area (Å²) in [6, 6.07) is 5.29. The van der Waals surface area contributed by atoms with Gasteiger partial charge in [-0.05, 0) is 24.1 Å². The van der Waals surface area contributed by atoms with Crippen LogP contribution in [0.15, 0.2) is 29.7 Å². The van der Waals surface area contributed by atoms with Gasteiger partial charge in [-0.1, -0.05) is 41.0 Å². The minimum absolute atomic E-state index is 0.00677. The number of carbonyl (C=O) groups excluding carboxylic acids is 1. The van der Waals surface area contributed by atoms with Crippen molar-refractivity contribution >= 4 is 57.9 Å². The van der Waals surface area contributed by atoms with E-state index in [0.29, 0.717) is 23.0 Å². The topological polar surface area (TPSA) is 169 Å². The summed E-state index contributed by atoms with van der Waals surface area (Å²) in [6.07, 6.45) is -2.94. The molecule has 0 spiro atoms. The smallest absolute Gasteiger partial charge is 0.230 e. The third kappa shape index (κ3) is 5.08. The summed E-state index contributed by atoms with van der Waals surface area (Å²) in [5.41, 5.74) is 7.39. The van der Waals surface area contributed by atoms with E-state index in [4.69, 9.17) is 33.7 Å². The van der Waals surface area contributed by atoms with E-state index < -0.39 is 31.1 Å². The maximum Gasteiger partial charge on any atom is 0.230 e. The molecule has 4 atom stereocenters. The van der Waals surface area contributed by atoms with Gasteiger partial charge in [0.1, 0.15) is 24.6 Å². The van der Waals surface area contributed by atoms with Gasteiger partial charge in [-0.15, -0.1) is 0 Å². The molecule has 0 bridgehead atoms. The molecule has 0 radical (unpaired) electrons. The number of amides is 1. The van der Waals surface area contributed by atoms with E-state index in [1.807, 2.05) is 6.07 Å². The SMILES string of the molecule is Nc1ncnc2c1nc(SCC(=O)NCCc1ccc(Cl)c(Cl)c1)n2[C@@H]1O[C@H](CO)[C@@H](O)[C@H]1O. The van der Waals surface area contributed by atoms with E-state index in [-0.39, 0.29) is 33.8 Å². The molecular formula is C20H22Cl2N6O5S. The van der Waals surface area contributed by atoms with Crippen LogP contribution in [-0.4, -0.2) is 78.0 Å². The average Bonchev–Trinajstić information content (AvgIpc) is 3.32. The molecule has 34 heavy (non-hydrogen) atoms. The van der Waals surface area contributed by atoms with Crippen LogP contribution in [0.5, 0.6) is 0 Å². The number of rotatable bonds is 8. The molecule has 11 nitrogen and oxygen atoms in total. The van der Waals surface area contributed by atoms with Crippen LogP contribution in [0.1, 0.15) is 11.8 Å². The molecule has 1 fully saturated rings. The molecule has 14 heteroatoms. The van der Waals surface area contributed by atoms with Gasteiger partial charge in [0.2, 0.25) is 5.91 Å². The fourth-order valence-corrected chi connectivity index (χ4v) is 4.72. The number of benzene rings is 1. The Labute approximate surface area is 208 Å². The van der Waals surface area contributed by atoms with E-state index in [1.165, 1.54) is 10.9 Å². The van der Waals surface area contributed by atoms with Crippen LogP contribution < -0.4 is 11.1 Å². The van der Waals surface area contributed by atoms with Crippen molar-refractivity contribution in [2.24, 2.45) is 0 Å². The number of aliphatic hydroxyl groups is 3. The molecule has 0 aliphatic carbocycles. The van der Waals surface area contributed by atoms with Gasteiger partial charge in [0.05, 0.1) is 22.4 Å². The molecule has 6 N–H and O–H groups in total. The quantitative estimate of drug-likeness (QED) is 0.263. The number of aliphatic hydroxyl groups excluding tert-OH is 3. The van der Waals surface area contributed by atoms with Gasteiger partial charge in [0, 0.05) is 6.54 Å². The Balaban J connectivity index is 1.46. The van der Waals surface area contributed by atoms with Gasteiger partial charge in [-0.25, -0.2) is 15.0 Å². The van der Waals surface area contributed by atoms with Crippen molar-refractivity contribution in [1.29, 1.82) is 0 Å². The van der Waals surface area contributed by atoms with Crippen molar-refractivity contribution < 1.29 is 24.9 Å². The molecule has 0 saturated carbocycles. The number of hydrogen-bond acceptors (Lipinski definition) is 10. The second-order valence-electron chi connectivity index (χ2n) is 7.56. The molecule has 3 heterocycles. The van der Waals surface area contributed by atoms with Gasteiger partial charge >= 0.3 is 0 Å². The maximum atomic E-state index is 12.4. The number of fused-ring (bicyclic) bond motifs is 1. The zero-order valence-electron chi connectivity index (χ0n) is 17.6. The minimum atomic E-state index is -1.36. The van der Waals surface area contributed by atoms with Crippen molar-refractivity contribution in [2.75, 3.05) is 24.6 Å². The zero-order valence-corrected chi connectivity index (χ0v) is 20.0. The Hall–Kier alpha value is -2.19. The van der Waals surface area contributed by atoms with Crippen LogP contribution in [0.3, 0.4) is 0 Å². The molecule has 4 rings (SSSR count). The van der Waals surface area contributed by atoms with Crippen molar-refractivity contribution in [3.8, 4) is 0 Å². The maximum absolute atomic E-state index is 12.4. The summed E-state index contributed by atoms with van der Waals surface area (Å²) in [6.45, 7) is -0.0940. The second-order valence-corrected chi connectivity index (χ2v) is 9.32. The van der Waals surface area contributed by atoms with Gasteiger partial charge in [-0.3, -0.25) is 9.36 Å². The number of nitrogens with zero attached hydrogens (tertiary/aromatic N) is 4. The Bertz CT molecular complexity index is 1200. The number of anilines is 1. The summed E-state index contributed by atoms with van der Waals surface area (Å²) >= 11 is 13.0. The van der Waals surface area contributed by atoms with Crippen LogP contribution in [0.2, 0.25) is 10.0 Å². The predicted octanol–water partition coefficient (Wildman–Crippen LogP) is 0.778. The number of thioether (sulfide) groups is 1. The first-order chi connectivity index (χ1) is 16.3. The monoisotopic (exact) mass is 528 g/mol. The molecule has 1 aromatic carbocycles. The number of nitrogens with two attached hydrogens (primary N) is 1. The molecule has 1 aliphatic rings. The Kier molecular flexibility index (Phi) is 7.77. The molecule has 182 valence electrons. The van der Waals surface area contributed by atoms with Crippen molar-refractivity contribution in [1.82, 2.24) is 24.8 Å². The van der Waals surface area contributed by atoms with Gasteiger partial charge in [0.25, 0.3) is 0 Å². The summed E-state index contributed by atoms with van der Waals surface area (Å²) in [5.74, 6) is -0.125. The number of nitrogen functional groups attached to an aromatic ring is 1. The minimum Gasteiger partial charge on any atom is -0.394 e. The Morgan fingerprint density at radius 2 is 2.03 bits per heavy atom. The van der Waals surface area contributed by atoms with E-state index in [1.54, 1.807) is 12.1 Å². The summed E-state index contributed by atoms with van der Waals surface area (Å²) in [5, 5.41) is 34.1. The van der Waals surface area contributed by atoms with Crippen molar-refractivity contribution in [3.63, 3.8) is 0 Å². The lowest BCUT2D eigenvalue weighted by Crippen LogP contribution is -2.33. The summed E-state index contributed by atoms with van der Waals surface area (Å²) < 4.78 is 7.09. The lowest BCUT2D eigenvalue weighted by Gasteiger charge is -2.19.